The maximum absolute atomic E-state index is 12.6. The Labute approximate surface area is 190 Å². The van der Waals surface area contributed by atoms with E-state index < -0.39 is 18.1 Å². The molecule has 1 amide bonds. The van der Waals surface area contributed by atoms with E-state index in [1.807, 2.05) is 66.7 Å². The van der Waals surface area contributed by atoms with E-state index in [0.29, 0.717) is 0 Å². The number of nitrogens with one attached hydrogen (secondary N) is 1. The van der Waals surface area contributed by atoms with Crippen molar-refractivity contribution in [3.8, 4) is 11.1 Å². The molecule has 33 heavy (non-hydrogen) atoms. The molecule has 5 rings (SSSR count). The average Bonchev–Trinajstić information content (AvgIpc) is 3.16. The molecule has 0 saturated carbocycles. The largest absolute Gasteiger partial charge is 0.480 e. The monoisotopic (exact) mass is 438 g/mol. The molecule has 164 valence electrons. The summed E-state index contributed by atoms with van der Waals surface area (Å²) in [5.41, 5.74) is 5.94. The van der Waals surface area contributed by atoms with Crippen molar-refractivity contribution in [3.05, 3.63) is 102 Å². The van der Waals surface area contributed by atoms with Crippen LogP contribution in [-0.4, -0.2) is 34.8 Å². The number of aliphatic carboxylic acids is 1. The number of alkyl carbamates (subject to hydrolysis) is 1. The molecule has 6 heteroatoms. The minimum absolute atomic E-state index is 0.0892. The highest BCUT2D eigenvalue weighted by Gasteiger charge is 2.30. The van der Waals surface area contributed by atoms with Crippen LogP contribution in [0.5, 0.6) is 0 Å². The fourth-order valence-electron chi connectivity index (χ4n) is 4.53. The van der Waals surface area contributed by atoms with Crippen LogP contribution in [0.25, 0.3) is 22.0 Å². The number of para-hydroxylation sites is 1. The summed E-state index contributed by atoms with van der Waals surface area (Å²) < 4.78 is 5.52. The maximum atomic E-state index is 12.6. The van der Waals surface area contributed by atoms with Crippen LogP contribution in [0.2, 0.25) is 0 Å². The summed E-state index contributed by atoms with van der Waals surface area (Å²) in [7, 11) is 0. The maximum Gasteiger partial charge on any atom is 0.407 e. The number of amides is 1. The third-order valence-corrected chi connectivity index (χ3v) is 6.07. The van der Waals surface area contributed by atoms with Gasteiger partial charge in [0.2, 0.25) is 0 Å². The number of rotatable bonds is 6. The molecule has 0 saturated heterocycles. The second-order valence-corrected chi connectivity index (χ2v) is 8.06. The zero-order chi connectivity index (χ0) is 22.8. The van der Waals surface area contributed by atoms with Gasteiger partial charge in [-0.05, 0) is 33.9 Å². The van der Waals surface area contributed by atoms with Crippen molar-refractivity contribution < 1.29 is 19.4 Å². The molecular weight excluding hydrogens is 416 g/mol. The highest BCUT2D eigenvalue weighted by atomic mass is 16.5. The van der Waals surface area contributed by atoms with Crippen molar-refractivity contribution >= 4 is 23.0 Å². The first-order valence-electron chi connectivity index (χ1n) is 10.8. The van der Waals surface area contributed by atoms with Crippen LogP contribution < -0.4 is 5.32 Å². The number of ether oxygens (including phenoxy) is 1. The van der Waals surface area contributed by atoms with Crippen molar-refractivity contribution in [2.24, 2.45) is 0 Å². The fourth-order valence-corrected chi connectivity index (χ4v) is 4.53. The van der Waals surface area contributed by atoms with Gasteiger partial charge in [0.25, 0.3) is 0 Å². The van der Waals surface area contributed by atoms with Crippen LogP contribution in [0.1, 0.15) is 22.6 Å². The predicted octanol–water partition coefficient (Wildman–Crippen LogP) is 4.77. The second kappa shape index (κ2) is 8.74. The molecule has 0 radical (unpaired) electrons. The molecular formula is C27H22N2O4. The lowest BCUT2D eigenvalue weighted by atomic mass is 9.98. The Morgan fingerprint density at radius 2 is 1.58 bits per heavy atom. The number of pyridine rings is 1. The van der Waals surface area contributed by atoms with Gasteiger partial charge < -0.3 is 15.2 Å². The van der Waals surface area contributed by atoms with Gasteiger partial charge in [-0.15, -0.1) is 0 Å². The number of hydrogen-bond donors (Lipinski definition) is 2. The zero-order valence-electron chi connectivity index (χ0n) is 17.8. The van der Waals surface area contributed by atoms with Crippen LogP contribution in [0.4, 0.5) is 4.79 Å². The molecule has 1 aliphatic rings. The SMILES string of the molecule is O=C(N[C@@H](Cc1cccc2cccnc12)C(=O)O)OCC1c2ccccc2-c2ccccc21. The molecule has 0 unspecified atom stereocenters. The van der Waals surface area contributed by atoms with E-state index in [1.54, 1.807) is 6.20 Å². The summed E-state index contributed by atoms with van der Waals surface area (Å²) in [4.78, 5) is 28.8. The third-order valence-electron chi connectivity index (χ3n) is 6.07. The average molecular weight is 438 g/mol. The highest BCUT2D eigenvalue weighted by Crippen LogP contribution is 2.44. The van der Waals surface area contributed by atoms with E-state index >= 15 is 0 Å². The van der Waals surface area contributed by atoms with Gasteiger partial charge in [-0.25, -0.2) is 9.59 Å². The highest BCUT2D eigenvalue weighted by molar-refractivity contribution is 5.84. The van der Waals surface area contributed by atoms with Gasteiger partial charge in [0, 0.05) is 23.9 Å². The second-order valence-electron chi connectivity index (χ2n) is 8.06. The topological polar surface area (TPSA) is 88.5 Å². The molecule has 6 nitrogen and oxygen atoms in total. The van der Waals surface area contributed by atoms with E-state index in [2.05, 4.69) is 22.4 Å². The molecule has 1 atom stereocenters. The molecule has 0 bridgehead atoms. The Morgan fingerprint density at radius 3 is 2.27 bits per heavy atom. The standard InChI is InChI=1S/C27H22N2O4/c30-26(31)24(15-18-8-5-7-17-9-6-14-28-25(17)18)29-27(32)33-16-23-21-12-3-1-10-19(21)20-11-2-4-13-22(20)23/h1-14,23-24H,15-16H2,(H,29,32)(H,30,31)/t24-/m0/s1. The number of fused-ring (bicyclic) bond motifs is 4. The molecule has 1 aromatic heterocycles. The summed E-state index contributed by atoms with van der Waals surface area (Å²) in [6.07, 6.45) is 1.02. The molecule has 4 aromatic rings. The number of aromatic nitrogens is 1. The van der Waals surface area contributed by atoms with Crippen LogP contribution >= 0.6 is 0 Å². The molecule has 1 aliphatic carbocycles. The summed E-state index contributed by atoms with van der Waals surface area (Å²) in [6, 6.07) is 24.3. The zero-order valence-corrected chi connectivity index (χ0v) is 17.8. The number of hydrogen-bond acceptors (Lipinski definition) is 4. The number of nitrogens with zero attached hydrogens (tertiary/aromatic N) is 1. The smallest absolute Gasteiger partial charge is 0.407 e. The van der Waals surface area contributed by atoms with Crippen LogP contribution in [0, 0.1) is 0 Å². The Hall–Kier alpha value is -4.19. The van der Waals surface area contributed by atoms with Crippen molar-refractivity contribution in [1.29, 1.82) is 0 Å². The van der Waals surface area contributed by atoms with Gasteiger partial charge in [0.1, 0.15) is 12.6 Å². The first-order valence-corrected chi connectivity index (χ1v) is 10.8. The van der Waals surface area contributed by atoms with Gasteiger partial charge >= 0.3 is 12.1 Å². The van der Waals surface area contributed by atoms with Crippen LogP contribution in [-0.2, 0) is 16.0 Å². The van der Waals surface area contributed by atoms with Crippen molar-refractivity contribution in [1.82, 2.24) is 10.3 Å². The van der Waals surface area contributed by atoms with Crippen LogP contribution in [0.3, 0.4) is 0 Å². The predicted molar refractivity (Wildman–Crippen MR) is 125 cm³/mol. The number of carboxylic acids is 1. The van der Waals surface area contributed by atoms with Crippen molar-refractivity contribution in [3.63, 3.8) is 0 Å². The van der Waals surface area contributed by atoms with Gasteiger partial charge in [0.15, 0.2) is 0 Å². The number of benzene rings is 3. The third kappa shape index (κ3) is 4.03. The normalized spacial score (nSPS) is 13.2. The summed E-state index contributed by atoms with van der Waals surface area (Å²) in [5.74, 6) is -1.22. The lowest BCUT2D eigenvalue weighted by molar-refractivity contribution is -0.139. The number of carboxylic acid groups (broad SMARTS) is 1. The minimum atomic E-state index is -1.13. The van der Waals surface area contributed by atoms with Crippen LogP contribution in [0.15, 0.2) is 85.1 Å². The Balaban J connectivity index is 1.29. The van der Waals surface area contributed by atoms with Gasteiger partial charge in [-0.2, -0.15) is 0 Å². The number of carbonyl (C=O) groups is 2. The van der Waals surface area contributed by atoms with E-state index in [9.17, 15) is 14.7 Å². The Bertz CT molecular complexity index is 1300. The van der Waals surface area contributed by atoms with E-state index in [0.717, 1.165) is 38.7 Å². The molecule has 3 aromatic carbocycles. The summed E-state index contributed by atoms with van der Waals surface area (Å²) in [5, 5.41) is 13.1. The Kier molecular flexibility index (Phi) is 5.48. The molecule has 2 N–H and O–H groups in total. The Morgan fingerprint density at radius 1 is 0.909 bits per heavy atom. The van der Waals surface area contributed by atoms with Gasteiger partial charge in [-0.1, -0.05) is 72.8 Å². The van der Waals surface area contributed by atoms with E-state index in [-0.39, 0.29) is 18.9 Å². The van der Waals surface area contributed by atoms with Crippen molar-refractivity contribution in [2.75, 3.05) is 6.61 Å². The van der Waals surface area contributed by atoms with Gasteiger partial charge in [-0.3, -0.25) is 4.98 Å². The first kappa shape index (κ1) is 20.7. The molecule has 0 spiro atoms. The summed E-state index contributed by atoms with van der Waals surface area (Å²) >= 11 is 0. The first-order chi connectivity index (χ1) is 16.1. The lowest BCUT2D eigenvalue weighted by Crippen LogP contribution is -2.43. The van der Waals surface area contributed by atoms with Gasteiger partial charge in [0.05, 0.1) is 5.52 Å². The minimum Gasteiger partial charge on any atom is -0.480 e. The molecule has 0 fully saturated rings. The molecule has 0 aliphatic heterocycles. The quantitative estimate of drug-likeness (QED) is 0.453. The van der Waals surface area contributed by atoms with E-state index in [4.69, 9.17) is 4.74 Å². The van der Waals surface area contributed by atoms with Crippen molar-refractivity contribution in [2.45, 2.75) is 18.4 Å². The number of carbonyl (C=O) groups excluding carboxylic acids is 1. The summed E-state index contributed by atoms with van der Waals surface area (Å²) in [6.45, 7) is 0.127. The lowest BCUT2D eigenvalue weighted by Gasteiger charge is -2.18. The molecule has 1 heterocycles. The fraction of sp³-hybridized carbons (Fsp3) is 0.148. The van der Waals surface area contributed by atoms with E-state index in [1.165, 1.54) is 0 Å².